The highest BCUT2D eigenvalue weighted by atomic mass is 32.2. The van der Waals surface area contributed by atoms with Crippen LogP contribution in [0.4, 0.5) is 0 Å². The lowest BCUT2D eigenvalue weighted by Gasteiger charge is -2.05. The summed E-state index contributed by atoms with van der Waals surface area (Å²) in [4.78, 5) is 0. The van der Waals surface area contributed by atoms with E-state index in [1.807, 2.05) is 0 Å². The van der Waals surface area contributed by atoms with Gasteiger partial charge >= 0.3 is 0 Å². The van der Waals surface area contributed by atoms with E-state index in [9.17, 15) is 0 Å². The van der Waals surface area contributed by atoms with Crippen LogP contribution in [0.15, 0.2) is 0 Å². The van der Waals surface area contributed by atoms with Crippen LogP contribution in [0.2, 0.25) is 19.1 Å². The van der Waals surface area contributed by atoms with Gasteiger partial charge in [-0.25, -0.2) is 0 Å². The molecule has 0 aliphatic carbocycles. The van der Waals surface area contributed by atoms with Gasteiger partial charge in [0.05, 0.1) is 11.6 Å². The van der Waals surface area contributed by atoms with Crippen LogP contribution in [0.3, 0.4) is 0 Å². The van der Waals surface area contributed by atoms with Crippen molar-refractivity contribution in [1.29, 1.82) is 0 Å². The monoisotopic (exact) mass is 147 g/mol. The van der Waals surface area contributed by atoms with Crippen molar-refractivity contribution >= 4 is 19.0 Å². The average Bonchev–Trinajstić information content (AvgIpc) is 1.82. The lowest BCUT2D eigenvalue weighted by molar-refractivity contribution is 1.41. The zero-order valence-corrected chi connectivity index (χ0v) is 7.85. The number of hydrogen-bond acceptors (Lipinski definition) is 0. The van der Waals surface area contributed by atoms with E-state index in [0.717, 1.165) is 10.9 Å². The molecule has 0 aromatic heterocycles. The second-order valence-corrected chi connectivity index (χ2v) is 11.5. The second-order valence-electron chi connectivity index (χ2n) is 3.54. The van der Waals surface area contributed by atoms with Crippen LogP contribution in [-0.4, -0.2) is 25.5 Å². The van der Waals surface area contributed by atoms with Gasteiger partial charge in [-0.1, -0.05) is 13.1 Å². The Bertz CT molecular complexity index is 90.5. The molecular formula is C6H15SSi+. The van der Waals surface area contributed by atoms with Gasteiger partial charge in [-0.15, -0.1) is 0 Å². The third kappa shape index (κ3) is 1.52. The standard InChI is InChI=1S/C6H15SSi/c1-7-4-5-8(2,3)6-7/h4-6H2,1-3H3/q+1. The quantitative estimate of drug-likeness (QED) is 0.360. The minimum atomic E-state index is -0.591. The van der Waals surface area contributed by atoms with E-state index in [2.05, 4.69) is 19.3 Å². The van der Waals surface area contributed by atoms with E-state index in [0.29, 0.717) is 0 Å². The number of hydrogen-bond donors (Lipinski definition) is 0. The van der Waals surface area contributed by atoms with Gasteiger partial charge in [-0.05, 0) is 16.9 Å². The molecule has 8 heavy (non-hydrogen) atoms. The van der Waals surface area contributed by atoms with Crippen molar-refractivity contribution in [2.45, 2.75) is 19.1 Å². The molecule has 0 aromatic rings. The van der Waals surface area contributed by atoms with Crippen LogP contribution in [0.5, 0.6) is 0 Å². The Labute approximate surface area is 56.0 Å². The highest BCUT2D eigenvalue weighted by Crippen LogP contribution is 2.21. The molecule has 48 valence electrons. The van der Waals surface area contributed by atoms with E-state index in [1.165, 1.54) is 0 Å². The van der Waals surface area contributed by atoms with Crippen molar-refractivity contribution in [2.24, 2.45) is 0 Å². The smallest absolute Gasteiger partial charge is 0.0650 e. The minimum absolute atomic E-state index is 0.591. The van der Waals surface area contributed by atoms with Crippen LogP contribution in [0.25, 0.3) is 0 Å². The molecule has 0 saturated carbocycles. The van der Waals surface area contributed by atoms with Crippen molar-refractivity contribution in [2.75, 3.05) is 17.4 Å². The number of rotatable bonds is 0. The van der Waals surface area contributed by atoms with Gasteiger partial charge in [-0.2, -0.15) is 0 Å². The largest absolute Gasteiger partial charge is 0.112 e. The fraction of sp³-hybridized carbons (Fsp3) is 1.00. The summed E-state index contributed by atoms with van der Waals surface area (Å²) in [6, 6.07) is 1.59. The highest BCUT2D eigenvalue weighted by molar-refractivity contribution is 7.98. The van der Waals surface area contributed by atoms with Crippen molar-refractivity contribution in [3.05, 3.63) is 0 Å². The fourth-order valence-electron chi connectivity index (χ4n) is 1.26. The maximum Gasteiger partial charge on any atom is 0.112 e. The molecule has 1 atom stereocenters. The van der Waals surface area contributed by atoms with Crippen LogP contribution < -0.4 is 0 Å². The molecule has 1 aliphatic rings. The Hall–Kier alpha value is 0.567. The molecule has 0 aromatic carbocycles. The van der Waals surface area contributed by atoms with E-state index in [-0.39, 0.29) is 0 Å². The SMILES string of the molecule is C[S+]1CC[Si](C)(C)C1. The lowest BCUT2D eigenvalue weighted by atomic mass is 11.0. The highest BCUT2D eigenvalue weighted by Gasteiger charge is 2.37. The Morgan fingerprint density at radius 2 is 2.00 bits per heavy atom. The molecule has 1 rings (SSSR count). The molecule has 1 unspecified atom stereocenters. The molecule has 1 aliphatic heterocycles. The molecule has 1 heterocycles. The third-order valence-electron chi connectivity index (χ3n) is 1.76. The minimum Gasteiger partial charge on any atom is -0.0650 e. The van der Waals surface area contributed by atoms with Crippen LogP contribution >= 0.6 is 0 Å². The first kappa shape index (κ1) is 6.68. The summed E-state index contributed by atoms with van der Waals surface area (Å²) in [5.41, 5.74) is 0. The normalized spacial score (nSPS) is 35.6. The summed E-state index contributed by atoms with van der Waals surface area (Å²) in [7, 11) is 0.229. The first-order valence-electron chi connectivity index (χ1n) is 3.19. The van der Waals surface area contributed by atoms with Crippen LogP contribution in [0.1, 0.15) is 0 Å². The summed E-state index contributed by atoms with van der Waals surface area (Å²) >= 11 is 0. The predicted molar refractivity (Wildman–Crippen MR) is 45.3 cm³/mol. The van der Waals surface area contributed by atoms with Gasteiger partial charge in [-0.3, -0.25) is 0 Å². The summed E-state index contributed by atoms with van der Waals surface area (Å²) in [6.07, 6.45) is 2.42. The van der Waals surface area contributed by atoms with E-state index in [1.54, 1.807) is 17.2 Å². The average molecular weight is 147 g/mol. The van der Waals surface area contributed by atoms with Crippen LogP contribution in [-0.2, 0) is 10.9 Å². The second kappa shape index (κ2) is 2.07. The predicted octanol–water partition coefficient (Wildman–Crippen LogP) is 1.50. The van der Waals surface area contributed by atoms with E-state index < -0.39 is 8.07 Å². The third-order valence-corrected chi connectivity index (χ3v) is 9.73. The van der Waals surface area contributed by atoms with Gasteiger partial charge in [0.15, 0.2) is 0 Å². The molecule has 0 spiro atoms. The summed E-state index contributed by atoms with van der Waals surface area (Å²) < 4.78 is 0. The van der Waals surface area contributed by atoms with Crippen molar-refractivity contribution in [3.63, 3.8) is 0 Å². The molecule has 1 fully saturated rings. The van der Waals surface area contributed by atoms with E-state index >= 15 is 0 Å². The Morgan fingerprint density at radius 1 is 1.38 bits per heavy atom. The Kier molecular flexibility index (Phi) is 1.73. The maximum atomic E-state index is 2.52. The molecule has 0 bridgehead atoms. The summed E-state index contributed by atoms with van der Waals surface area (Å²) in [6.45, 7) is 5.03. The lowest BCUT2D eigenvalue weighted by Crippen LogP contribution is -2.26. The van der Waals surface area contributed by atoms with Gasteiger partial charge in [0.1, 0.15) is 13.8 Å². The van der Waals surface area contributed by atoms with Crippen molar-refractivity contribution < 1.29 is 0 Å². The Balaban J connectivity index is 2.44. The molecule has 0 radical (unpaired) electrons. The van der Waals surface area contributed by atoms with E-state index in [4.69, 9.17) is 0 Å². The molecule has 0 amide bonds. The first-order chi connectivity index (χ1) is 3.60. The van der Waals surface area contributed by atoms with Gasteiger partial charge in [0.25, 0.3) is 0 Å². The zero-order valence-electron chi connectivity index (χ0n) is 6.03. The molecule has 0 N–H and O–H groups in total. The summed E-state index contributed by atoms with van der Waals surface area (Å²) in [5.74, 6) is 1.54. The van der Waals surface area contributed by atoms with Crippen LogP contribution in [0, 0.1) is 0 Å². The summed E-state index contributed by atoms with van der Waals surface area (Å²) in [5, 5.41) is 1.60. The maximum absolute atomic E-state index is 2.52. The van der Waals surface area contributed by atoms with Gasteiger partial charge < -0.3 is 0 Å². The topological polar surface area (TPSA) is 0 Å². The molecule has 1 saturated heterocycles. The fourth-order valence-corrected chi connectivity index (χ4v) is 11.4. The van der Waals surface area contributed by atoms with Gasteiger partial charge in [0, 0.05) is 0 Å². The first-order valence-corrected chi connectivity index (χ1v) is 8.58. The van der Waals surface area contributed by atoms with Crippen molar-refractivity contribution in [1.82, 2.24) is 0 Å². The zero-order chi connectivity index (χ0) is 6.20. The molecular weight excluding hydrogens is 132 g/mol. The Morgan fingerprint density at radius 3 is 2.12 bits per heavy atom. The molecule has 2 heteroatoms. The molecule has 0 nitrogen and oxygen atoms in total. The van der Waals surface area contributed by atoms with Gasteiger partial charge in [0.2, 0.25) is 0 Å². The van der Waals surface area contributed by atoms with Crippen molar-refractivity contribution in [3.8, 4) is 0 Å².